The highest BCUT2D eigenvalue weighted by atomic mass is 15.3. The van der Waals surface area contributed by atoms with Crippen LogP contribution in [0, 0.1) is 0 Å². The first-order valence-corrected chi connectivity index (χ1v) is 5.75. The molecule has 1 unspecified atom stereocenters. The molecule has 0 aromatic heterocycles. The third-order valence-corrected chi connectivity index (χ3v) is 2.55. The van der Waals surface area contributed by atoms with Gasteiger partial charge in [-0.15, -0.1) is 0 Å². The smallest absolute Gasteiger partial charge is 0.197 e. The molecule has 1 aromatic carbocycles. The van der Waals surface area contributed by atoms with E-state index < -0.39 is 5.66 Å². The summed E-state index contributed by atoms with van der Waals surface area (Å²) < 4.78 is 0. The Hall–Kier alpha value is -1.81. The molecule has 4 heteroatoms. The minimum absolute atomic E-state index is 0.517. The van der Waals surface area contributed by atoms with Crippen LogP contribution in [0.4, 0.5) is 0 Å². The van der Waals surface area contributed by atoms with Crippen LogP contribution in [0.25, 0.3) is 0 Å². The van der Waals surface area contributed by atoms with E-state index in [4.69, 9.17) is 5.73 Å². The highest BCUT2D eigenvalue weighted by Crippen LogP contribution is 2.01. The number of nitrogens with one attached hydrogen (secondary N) is 2. The van der Waals surface area contributed by atoms with Crippen LogP contribution in [0.3, 0.4) is 0 Å². The molecule has 17 heavy (non-hydrogen) atoms. The second-order valence-electron chi connectivity index (χ2n) is 4.35. The van der Waals surface area contributed by atoms with Gasteiger partial charge in [-0.2, -0.15) is 0 Å². The Kier molecular flexibility index (Phi) is 3.44. The second kappa shape index (κ2) is 5.01. The number of benzene rings is 1. The summed E-state index contributed by atoms with van der Waals surface area (Å²) in [7, 11) is 0. The molecule has 0 fully saturated rings. The van der Waals surface area contributed by atoms with E-state index in [0.717, 1.165) is 18.9 Å². The van der Waals surface area contributed by atoms with Gasteiger partial charge < -0.3 is 16.4 Å². The van der Waals surface area contributed by atoms with Gasteiger partial charge in [0.1, 0.15) is 5.66 Å². The number of hydrogen-bond acceptors (Lipinski definition) is 2. The summed E-state index contributed by atoms with van der Waals surface area (Å²) in [5.74, 6) is 0.730. The van der Waals surface area contributed by atoms with Crippen LogP contribution in [0.15, 0.2) is 47.6 Å². The van der Waals surface area contributed by atoms with E-state index in [0.29, 0.717) is 0 Å². The summed E-state index contributed by atoms with van der Waals surface area (Å²) in [4.78, 5) is 4.44. The highest BCUT2D eigenvalue weighted by Gasteiger charge is 2.18. The van der Waals surface area contributed by atoms with Crippen molar-refractivity contribution in [2.24, 2.45) is 10.7 Å². The molecule has 0 saturated heterocycles. The van der Waals surface area contributed by atoms with Crippen molar-refractivity contribution in [1.82, 2.24) is 10.6 Å². The largest absolute Gasteiger partial charge is 0.335 e. The molecule has 90 valence electrons. The first-order chi connectivity index (χ1) is 8.16. The Morgan fingerprint density at radius 1 is 1.29 bits per heavy atom. The van der Waals surface area contributed by atoms with Crippen molar-refractivity contribution >= 4 is 5.96 Å². The van der Waals surface area contributed by atoms with Gasteiger partial charge >= 0.3 is 0 Å². The lowest BCUT2D eigenvalue weighted by atomic mass is 10.1. The van der Waals surface area contributed by atoms with Crippen LogP contribution < -0.4 is 16.4 Å². The van der Waals surface area contributed by atoms with Gasteiger partial charge in [0.05, 0.1) is 0 Å². The van der Waals surface area contributed by atoms with Crippen molar-refractivity contribution in [3.05, 3.63) is 48.2 Å². The zero-order valence-corrected chi connectivity index (χ0v) is 9.98. The van der Waals surface area contributed by atoms with Crippen molar-refractivity contribution in [3.63, 3.8) is 0 Å². The number of nitrogens with two attached hydrogens (primary N) is 1. The minimum Gasteiger partial charge on any atom is -0.335 e. The fourth-order valence-electron chi connectivity index (χ4n) is 1.65. The van der Waals surface area contributed by atoms with Crippen molar-refractivity contribution < 1.29 is 0 Å². The molecule has 1 heterocycles. The van der Waals surface area contributed by atoms with Gasteiger partial charge in [-0.25, -0.2) is 0 Å². The lowest BCUT2D eigenvalue weighted by Crippen LogP contribution is -2.57. The van der Waals surface area contributed by atoms with Crippen molar-refractivity contribution in [2.45, 2.75) is 19.0 Å². The molecular formula is C13H18N4. The normalized spacial score (nSPS) is 25.4. The van der Waals surface area contributed by atoms with Crippen LogP contribution in [0.2, 0.25) is 0 Å². The second-order valence-corrected chi connectivity index (χ2v) is 4.35. The summed E-state index contributed by atoms with van der Waals surface area (Å²) in [6.45, 7) is 2.64. The molecular weight excluding hydrogens is 212 g/mol. The van der Waals surface area contributed by atoms with Gasteiger partial charge in [-0.3, -0.25) is 4.99 Å². The predicted molar refractivity (Wildman–Crippen MR) is 70.5 cm³/mol. The molecule has 1 aromatic rings. The fraction of sp³-hybridized carbons (Fsp3) is 0.308. The SMILES string of the molecule is CC1(N)C=CNC(=NCCc2ccccc2)N1. The van der Waals surface area contributed by atoms with Crippen LogP contribution in [0.5, 0.6) is 0 Å². The summed E-state index contributed by atoms with van der Waals surface area (Å²) in [5.41, 5.74) is 6.71. The first kappa shape index (κ1) is 11.7. The monoisotopic (exact) mass is 230 g/mol. The van der Waals surface area contributed by atoms with Gasteiger partial charge in [0, 0.05) is 12.7 Å². The maximum Gasteiger partial charge on any atom is 0.197 e. The Bertz CT molecular complexity index is 420. The average Bonchev–Trinajstić information content (AvgIpc) is 2.29. The lowest BCUT2D eigenvalue weighted by molar-refractivity contribution is 0.523. The quantitative estimate of drug-likeness (QED) is 0.725. The molecule has 1 aliphatic heterocycles. The lowest BCUT2D eigenvalue weighted by Gasteiger charge is -2.28. The van der Waals surface area contributed by atoms with E-state index in [1.54, 1.807) is 0 Å². The topological polar surface area (TPSA) is 62.4 Å². The van der Waals surface area contributed by atoms with Gasteiger partial charge in [0.25, 0.3) is 0 Å². The molecule has 4 N–H and O–H groups in total. The van der Waals surface area contributed by atoms with Crippen LogP contribution in [-0.2, 0) is 6.42 Å². The van der Waals surface area contributed by atoms with Gasteiger partial charge in [0.15, 0.2) is 5.96 Å². The van der Waals surface area contributed by atoms with Crippen molar-refractivity contribution in [3.8, 4) is 0 Å². The Balaban J connectivity index is 1.88. The summed E-state index contributed by atoms with van der Waals surface area (Å²) in [6, 6.07) is 10.3. The summed E-state index contributed by atoms with van der Waals surface area (Å²) >= 11 is 0. The van der Waals surface area contributed by atoms with Crippen LogP contribution in [0.1, 0.15) is 12.5 Å². The molecule has 0 amide bonds. The third kappa shape index (κ3) is 3.60. The molecule has 0 aliphatic carbocycles. The molecule has 0 radical (unpaired) electrons. The molecule has 1 atom stereocenters. The molecule has 2 rings (SSSR count). The molecule has 0 saturated carbocycles. The summed E-state index contributed by atoms with van der Waals surface area (Å²) in [6.07, 6.45) is 4.61. The van der Waals surface area contributed by atoms with E-state index in [2.05, 4.69) is 27.8 Å². The molecule has 4 nitrogen and oxygen atoms in total. The number of hydrogen-bond donors (Lipinski definition) is 3. The minimum atomic E-state index is -0.517. The third-order valence-electron chi connectivity index (χ3n) is 2.55. The molecule has 1 aliphatic rings. The van der Waals surface area contributed by atoms with E-state index in [1.807, 2.05) is 37.4 Å². The predicted octanol–water partition coefficient (Wildman–Crippen LogP) is 0.966. The Morgan fingerprint density at radius 3 is 2.76 bits per heavy atom. The number of guanidine groups is 1. The van der Waals surface area contributed by atoms with Crippen LogP contribution >= 0.6 is 0 Å². The number of nitrogens with zero attached hydrogens (tertiary/aromatic N) is 1. The fourth-order valence-corrected chi connectivity index (χ4v) is 1.65. The van der Waals surface area contributed by atoms with E-state index >= 15 is 0 Å². The number of rotatable bonds is 3. The average molecular weight is 230 g/mol. The number of aliphatic imine (C=N–C) groups is 1. The Morgan fingerprint density at radius 2 is 2.06 bits per heavy atom. The van der Waals surface area contributed by atoms with Crippen LogP contribution in [-0.4, -0.2) is 18.2 Å². The highest BCUT2D eigenvalue weighted by molar-refractivity contribution is 5.82. The van der Waals surface area contributed by atoms with E-state index in [-0.39, 0.29) is 0 Å². The maximum atomic E-state index is 5.93. The molecule has 0 spiro atoms. The van der Waals surface area contributed by atoms with Crippen molar-refractivity contribution in [1.29, 1.82) is 0 Å². The van der Waals surface area contributed by atoms with E-state index in [9.17, 15) is 0 Å². The zero-order valence-electron chi connectivity index (χ0n) is 9.98. The zero-order chi connectivity index (χ0) is 12.1. The van der Waals surface area contributed by atoms with Gasteiger partial charge in [0.2, 0.25) is 0 Å². The first-order valence-electron chi connectivity index (χ1n) is 5.75. The Labute approximate surface area is 102 Å². The maximum absolute atomic E-state index is 5.93. The van der Waals surface area contributed by atoms with Gasteiger partial charge in [-0.1, -0.05) is 30.3 Å². The molecule has 0 bridgehead atoms. The van der Waals surface area contributed by atoms with E-state index in [1.165, 1.54) is 5.56 Å². The van der Waals surface area contributed by atoms with Gasteiger partial charge in [-0.05, 0) is 25.0 Å². The standard InChI is InChI=1S/C13H18N4/c1-13(14)8-10-16-12(17-13)15-9-7-11-5-3-2-4-6-11/h2-6,8,10H,7,9,14H2,1H3,(H2,15,16,17). The van der Waals surface area contributed by atoms with Crippen molar-refractivity contribution in [2.75, 3.05) is 6.54 Å². The summed E-state index contributed by atoms with van der Waals surface area (Å²) in [5, 5.41) is 6.15.